The lowest BCUT2D eigenvalue weighted by atomic mass is 10.1. The Balaban J connectivity index is 1.77. The summed E-state index contributed by atoms with van der Waals surface area (Å²) in [5.74, 6) is -0.184. The number of nitrogens with one attached hydrogen (secondary N) is 1. The molecule has 0 radical (unpaired) electrons. The van der Waals surface area contributed by atoms with Crippen LogP contribution in [0.3, 0.4) is 0 Å². The summed E-state index contributed by atoms with van der Waals surface area (Å²) < 4.78 is 3.35. The molecule has 2 heterocycles. The van der Waals surface area contributed by atoms with Gasteiger partial charge in [0.15, 0.2) is 0 Å². The number of carbonyl (C=O) groups excluding carboxylic acids is 1. The quantitative estimate of drug-likeness (QED) is 0.595. The highest BCUT2D eigenvalue weighted by molar-refractivity contribution is 6.17. The first kappa shape index (κ1) is 18.0. The summed E-state index contributed by atoms with van der Waals surface area (Å²) in [5.41, 5.74) is 4.20. The third-order valence-corrected chi connectivity index (χ3v) is 5.35. The predicted molar refractivity (Wildman–Crippen MR) is 113 cm³/mol. The first-order valence-corrected chi connectivity index (χ1v) is 9.44. The number of fused-ring (bicyclic) bond motifs is 3. The Kier molecular flexibility index (Phi) is 4.51. The lowest BCUT2D eigenvalue weighted by Crippen LogP contribution is -2.26. The maximum Gasteiger partial charge on any atom is 0.274 e. The van der Waals surface area contributed by atoms with Gasteiger partial charge in [-0.2, -0.15) is 0 Å². The molecule has 4 rings (SSSR count). The van der Waals surface area contributed by atoms with Crippen LogP contribution < -0.4 is 10.9 Å². The van der Waals surface area contributed by atoms with Crippen molar-refractivity contribution in [1.82, 2.24) is 14.5 Å². The van der Waals surface area contributed by atoms with Gasteiger partial charge in [-0.05, 0) is 23.6 Å². The smallest absolute Gasteiger partial charge is 0.274 e. The van der Waals surface area contributed by atoms with Gasteiger partial charge >= 0.3 is 0 Å². The molecule has 0 bridgehead atoms. The minimum Gasteiger partial charge on any atom is -0.348 e. The first-order chi connectivity index (χ1) is 13.5. The van der Waals surface area contributed by atoms with Crippen LogP contribution in [-0.2, 0) is 27.1 Å². The minimum atomic E-state index is -0.184. The fraction of sp³-hybridized carbons (Fsp3) is 0.217. The van der Waals surface area contributed by atoms with Crippen LogP contribution in [0.5, 0.6) is 0 Å². The van der Waals surface area contributed by atoms with Crippen LogP contribution in [0.25, 0.3) is 21.8 Å². The molecule has 1 amide bonds. The molecule has 2 aromatic heterocycles. The van der Waals surface area contributed by atoms with Gasteiger partial charge in [0.05, 0.1) is 5.56 Å². The summed E-state index contributed by atoms with van der Waals surface area (Å²) in [6.07, 6.45) is 2.62. The van der Waals surface area contributed by atoms with E-state index in [1.165, 1.54) is 10.1 Å². The molecule has 0 unspecified atom stereocenters. The van der Waals surface area contributed by atoms with Crippen molar-refractivity contribution in [3.63, 3.8) is 0 Å². The van der Waals surface area contributed by atoms with E-state index in [0.29, 0.717) is 23.0 Å². The second-order valence-electron chi connectivity index (χ2n) is 7.11. The number of aromatic nitrogens is 2. The van der Waals surface area contributed by atoms with Gasteiger partial charge in [0.1, 0.15) is 5.52 Å². The van der Waals surface area contributed by atoms with Crippen molar-refractivity contribution in [2.24, 2.45) is 14.1 Å². The van der Waals surface area contributed by atoms with E-state index in [0.717, 1.165) is 22.9 Å². The molecule has 0 aliphatic rings. The number of hydrogen-bond donors (Lipinski definition) is 1. The van der Waals surface area contributed by atoms with Crippen molar-refractivity contribution in [3.05, 3.63) is 81.8 Å². The molecule has 0 atom stereocenters. The maximum atomic E-state index is 13.0. The molecule has 0 fully saturated rings. The van der Waals surface area contributed by atoms with Crippen molar-refractivity contribution >= 4 is 27.7 Å². The SMILES string of the molecule is CCc1ccc(CNC(=O)c2cn(C)c(=O)c3c2c2ccccc2n3C)cc1. The van der Waals surface area contributed by atoms with E-state index in [1.807, 2.05) is 48.0 Å². The van der Waals surface area contributed by atoms with Crippen molar-refractivity contribution < 1.29 is 4.79 Å². The molecule has 0 aliphatic heterocycles. The van der Waals surface area contributed by atoms with Crippen molar-refractivity contribution in [1.29, 1.82) is 0 Å². The minimum absolute atomic E-state index is 0.111. The van der Waals surface area contributed by atoms with Gasteiger partial charge < -0.3 is 14.5 Å². The highest BCUT2D eigenvalue weighted by atomic mass is 16.2. The van der Waals surface area contributed by atoms with Crippen molar-refractivity contribution in [3.8, 4) is 0 Å². The Morgan fingerprint density at radius 2 is 1.68 bits per heavy atom. The standard InChI is InChI=1S/C23H23N3O2/c1-4-15-9-11-16(12-10-15)13-24-22(27)18-14-25(2)23(28)21-20(18)17-7-5-6-8-19(17)26(21)3/h5-12,14H,4,13H2,1-3H3,(H,24,27). The second-order valence-corrected chi connectivity index (χ2v) is 7.11. The zero-order valence-corrected chi connectivity index (χ0v) is 16.3. The van der Waals surface area contributed by atoms with E-state index in [2.05, 4.69) is 24.4 Å². The van der Waals surface area contributed by atoms with Crippen LogP contribution >= 0.6 is 0 Å². The Morgan fingerprint density at radius 3 is 2.39 bits per heavy atom. The summed E-state index contributed by atoms with van der Waals surface area (Å²) in [6.45, 7) is 2.56. The molecule has 0 aliphatic carbocycles. The van der Waals surface area contributed by atoms with Crippen molar-refractivity contribution in [2.75, 3.05) is 0 Å². The fourth-order valence-electron chi connectivity index (χ4n) is 3.74. The number of rotatable bonds is 4. The number of hydrogen-bond acceptors (Lipinski definition) is 2. The van der Waals surface area contributed by atoms with Crippen LogP contribution in [0.1, 0.15) is 28.4 Å². The van der Waals surface area contributed by atoms with Gasteiger partial charge in [0.25, 0.3) is 11.5 Å². The van der Waals surface area contributed by atoms with Crippen LogP contribution in [0.4, 0.5) is 0 Å². The molecule has 0 saturated heterocycles. The monoisotopic (exact) mass is 373 g/mol. The number of aryl methyl sites for hydroxylation is 3. The average Bonchev–Trinajstić information content (AvgIpc) is 3.02. The van der Waals surface area contributed by atoms with Gasteiger partial charge in [-0.25, -0.2) is 0 Å². The molecule has 0 saturated carbocycles. The summed E-state index contributed by atoms with van der Waals surface area (Å²) in [6, 6.07) is 16.0. The average molecular weight is 373 g/mol. The Hall–Kier alpha value is -3.34. The maximum absolute atomic E-state index is 13.0. The van der Waals surface area contributed by atoms with Gasteiger partial charge in [0.2, 0.25) is 0 Å². The predicted octanol–water partition coefficient (Wildman–Crippen LogP) is 3.52. The number of nitrogens with zero attached hydrogens (tertiary/aromatic N) is 2. The lowest BCUT2D eigenvalue weighted by Gasteiger charge is -2.09. The molecule has 5 nitrogen and oxygen atoms in total. The number of para-hydroxylation sites is 1. The molecular weight excluding hydrogens is 350 g/mol. The summed E-state index contributed by atoms with van der Waals surface area (Å²) in [7, 11) is 3.54. The Bertz CT molecular complexity index is 1250. The van der Waals surface area contributed by atoms with Crippen LogP contribution in [-0.4, -0.2) is 15.0 Å². The summed E-state index contributed by atoms with van der Waals surface area (Å²) in [4.78, 5) is 25.8. The number of amides is 1. The van der Waals surface area contributed by atoms with E-state index in [9.17, 15) is 9.59 Å². The second kappa shape index (κ2) is 7.00. The molecule has 2 aromatic carbocycles. The highest BCUT2D eigenvalue weighted by Gasteiger charge is 2.20. The topological polar surface area (TPSA) is 56.0 Å². The van der Waals surface area contributed by atoms with E-state index >= 15 is 0 Å². The largest absolute Gasteiger partial charge is 0.348 e. The molecule has 142 valence electrons. The number of pyridine rings is 1. The third kappa shape index (κ3) is 2.89. The normalized spacial score (nSPS) is 11.2. The molecule has 5 heteroatoms. The Morgan fingerprint density at radius 1 is 1.00 bits per heavy atom. The third-order valence-electron chi connectivity index (χ3n) is 5.35. The summed E-state index contributed by atoms with van der Waals surface area (Å²) in [5, 5.41) is 4.62. The van der Waals surface area contributed by atoms with Crippen LogP contribution in [0.2, 0.25) is 0 Å². The van der Waals surface area contributed by atoms with Gasteiger partial charge in [-0.15, -0.1) is 0 Å². The molecule has 28 heavy (non-hydrogen) atoms. The van der Waals surface area contributed by atoms with Gasteiger partial charge in [-0.3, -0.25) is 9.59 Å². The fourth-order valence-corrected chi connectivity index (χ4v) is 3.74. The van der Waals surface area contributed by atoms with Gasteiger partial charge in [-0.1, -0.05) is 49.4 Å². The molecular formula is C23H23N3O2. The zero-order valence-electron chi connectivity index (χ0n) is 16.3. The first-order valence-electron chi connectivity index (χ1n) is 9.44. The molecule has 4 aromatic rings. The highest BCUT2D eigenvalue weighted by Crippen LogP contribution is 2.28. The van der Waals surface area contributed by atoms with E-state index in [-0.39, 0.29) is 11.5 Å². The van der Waals surface area contributed by atoms with E-state index in [1.54, 1.807) is 13.2 Å². The Labute approximate surface area is 163 Å². The summed E-state index contributed by atoms with van der Waals surface area (Å²) >= 11 is 0. The van der Waals surface area contributed by atoms with Crippen LogP contribution in [0, 0.1) is 0 Å². The van der Waals surface area contributed by atoms with Crippen LogP contribution in [0.15, 0.2) is 59.5 Å². The van der Waals surface area contributed by atoms with Crippen molar-refractivity contribution in [2.45, 2.75) is 19.9 Å². The lowest BCUT2D eigenvalue weighted by molar-refractivity contribution is 0.0952. The number of carbonyl (C=O) groups is 1. The van der Waals surface area contributed by atoms with E-state index in [4.69, 9.17) is 0 Å². The molecule has 0 spiro atoms. The molecule has 1 N–H and O–H groups in total. The van der Waals surface area contributed by atoms with E-state index < -0.39 is 0 Å². The number of benzene rings is 2. The zero-order chi connectivity index (χ0) is 19.8. The van der Waals surface area contributed by atoms with Gasteiger partial charge in [0, 0.05) is 43.1 Å².